The van der Waals surface area contributed by atoms with E-state index < -0.39 is 0 Å². The third kappa shape index (κ3) is 3.58. The number of anilines is 1. The molecule has 4 rings (SSSR count). The molecule has 1 heterocycles. The number of benzene rings is 2. The largest absolute Gasteiger partial charge is 0.351 e. The first-order chi connectivity index (χ1) is 12.2. The summed E-state index contributed by atoms with van der Waals surface area (Å²) in [4.78, 5) is 4.84. The van der Waals surface area contributed by atoms with Gasteiger partial charge in [-0.3, -0.25) is 0 Å². The number of halogens is 1. The summed E-state index contributed by atoms with van der Waals surface area (Å²) in [7, 11) is 0. The van der Waals surface area contributed by atoms with Crippen molar-refractivity contribution >= 4 is 32.9 Å². The minimum absolute atomic E-state index is 0.203. The van der Waals surface area contributed by atoms with Crippen LogP contribution in [0.15, 0.2) is 53.0 Å². The molecule has 1 aromatic heterocycles. The van der Waals surface area contributed by atoms with Gasteiger partial charge >= 0.3 is 0 Å². The zero-order chi connectivity index (χ0) is 17.2. The summed E-state index contributed by atoms with van der Waals surface area (Å²) in [6.07, 6.45) is 4.67. The summed E-state index contributed by atoms with van der Waals surface area (Å²) < 4.78 is 3.36. The van der Waals surface area contributed by atoms with Crippen molar-refractivity contribution in [1.29, 1.82) is 0 Å². The molecule has 0 unspecified atom stereocenters. The number of rotatable bonds is 4. The van der Waals surface area contributed by atoms with Crippen molar-refractivity contribution in [3.63, 3.8) is 0 Å². The predicted molar refractivity (Wildman–Crippen MR) is 107 cm³/mol. The highest BCUT2D eigenvalue weighted by Crippen LogP contribution is 2.25. The van der Waals surface area contributed by atoms with Gasteiger partial charge in [0, 0.05) is 16.6 Å². The molecule has 25 heavy (non-hydrogen) atoms. The lowest BCUT2D eigenvalue weighted by Gasteiger charge is -2.29. The lowest BCUT2D eigenvalue weighted by atomic mass is 9.91. The van der Waals surface area contributed by atoms with Gasteiger partial charge in [-0.05, 0) is 42.7 Å². The van der Waals surface area contributed by atoms with Gasteiger partial charge < -0.3 is 15.6 Å². The Morgan fingerprint density at radius 1 is 1.08 bits per heavy atom. The van der Waals surface area contributed by atoms with Gasteiger partial charge in [0.05, 0.1) is 17.6 Å². The number of para-hydroxylation sites is 2. The Morgan fingerprint density at radius 3 is 2.64 bits per heavy atom. The highest BCUT2D eigenvalue weighted by atomic mass is 79.9. The second-order valence-electron chi connectivity index (χ2n) is 6.84. The highest BCUT2D eigenvalue weighted by molar-refractivity contribution is 9.10. The molecule has 0 bridgehead atoms. The van der Waals surface area contributed by atoms with Crippen molar-refractivity contribution < 1.29 is 0 Å². The molecular formula is C20H23BrN4. The van der Waals surface area contributed by atoms with E-state index in [0.29, 0.717) is 6.04 Å². The van der Waals surface area contributed by atoms with Crippen molar-refractivity contribution in [1.82, 2.24) is 9.55 Å². The van der Waals surface area contributed by atoms with Crippen molar-refractivity contribution in [2.45, 2.75) is 44.3 Å². The molecule has 1 saturated carbocycles. The number of imidazole rings is 1. The Morgan fingerprint density at radius 2 is 1.84 bits per heavy atom. The molecule has 0 amide bonds. The van der Waals surface area contributed by atoms with Crippen LogP contribution < -0.4 is 11.1 Å². The number of nitrogens with one attached hydrogen (secondary N) is 1. The van der Waals surface area contributed by atoms with E-state index in [2.05, 4.69) is 68.3 Å². The first-order valence-electron chi connectivity index (χ1n) is 8.92. The van der Waals surface area contributed by atoms with Crippen LogP contribution in [0, 0.1) is 0 Å². The Labute approximate surface area is 156 Å². The van der Waals surface area contributed by atoms with Gasteiger partial charge in [0.2, 0.25) is 5.95 Å². The number of nitrogens with zero attached hydrogens (tertiary/aromatic N) is 2. The van der Waals surface area contributed by atoms with Gasteiger partial charge in [0.15, 0.2) is 0 Å². The van der Waals surface area contributed by atoms with Gasteiger partial charge in [-0.2, -0.15) is 0 Å². The van der Waals surface area contributed by atoms with Gasteiger partial charge in [-0.25, -0.2) is 4.98 Å². The number of nitrogens with two attached hydrogens (primary N) is 1. The zero-order valence-electron chi connectivity index (χ0n) is 14.2. The van der Waals surface area contributed by atoms with Crippen LogP contribution in [0.2, 0.25) is 0 Å². The lowest BCUT2D eigenvalue weighted by Crippen LogP contribution is -2.43. The SMILES string of the molecule is N[C@H]1CCCC[C@H]1Nc1nc2ccccc2n1Cc1ccc(Br)cc1. The van der Waals surface area contributed by atoms with E-state index in [-0.39, 0.29) is 6.04 Å². The molecule has 3 N–H and O–H groups in total. The Hall–Kier alpha value is -1.85. The second-order valence-corrected chi connectivity index (χ2v) is 7.75. The van der Waals surface area contributed by atoms with Crippen molar-refractivity contribution in [3.8, 4) is 0 Å². The molecule has 0 spiro atoms. The van der Waals surface area contributed by atoms with Crippen LogP contribution >= 0.6 is 15.9 Å². The van der Waals surface area contributed by atoms with Crippen LogP contribution in [-0.2, 0) is 6.54 Å². The fourth-order valence-electron chi connectivity index (χ4n) is 3.62. The molecule has 2 atom stereocenters. The second kappa shape index (κ2) is 7.18. The van der Waals surface area contributed by atoms with E-state index in [9.17, 15) is 0 Å². The average molecular weight is 399 g/mol. The van der Waals surface area contributed by atoms with Crippen LogP contribution in [0.3, 0.4) is 0 Å². The topological polar surface area (TPSA) is 55.9 Å². The molecule has 130 valence electrons. The first kappa shape index (κ1) is 16.6. The van der Waals surface area contributed by atoms with Gasteiger partial charge in [-0.1, -0.05) is 53.0 Å². The molecule has 5 heteroatoms. The maximum atomic E-state index is 6.34. The van der Waals surface area contributed by atoms with Crippen molar-refractivity contribution in [2.75, 3.05) is 5.32 Å². The molecule has 1 aliphatic carbocycles. The maximum absolute atomic E-state index is 6.34. The molecule has 2 aromatic carbocycles. The van der Waals surface area contributed by atoms with Crippen molar-refractivity contribution in [2.24, 2.45) is 5.73 Å². The van der Waals surface area contributed by atoms with Gasteiger partial charge in [0.1, 0.15) is 0 Å². The average Bonchev–Trinajstić information content (AvgIpc) is 2.96. The van der Waals surface area contributed by atoms with E-state index in [1.165, 1.54) is 18.4 Å². The van der Waals surface area contributed by atoms with Crippen LogP contribution in [0.1, 0.15) is 31.2 Å². The standard InChI is InChI=1S/C20H23BrN4/c21-15-11-9-14(10-12-15)13-25-19-8-4-3-7-18(19)24-20(25)23-17-6-2-1-5-16(17)22/h3-4,7-12,16-17H,1-2,5-6,13,22H2,(H,23,24)/t16-,17+/m0/s1. The normalized spacial score (nSPS) is 20.7. The molecule has 0 aliphatic heterocycles. The Balaban J connectivity index is 1.68. The van der Waals surface area contributed by atoms with Crippen LogP contribution in [0.4, 0.5) is 5.95 Å². The minimum Gasteiger partial charge on any atom is -0.351 e. The highest BCUT2D eigenvalue weighted by Gasteiger charge is 2.23. The lowest BCUT2D eigenvalue weighted by molar-refractivity contribution is 0.401. The van der Waals surface area contributed by atoms with Crippen LogP contribution in [0.25, 0.3) is 11.0 Å². The summed E-state index contributed by atoms with van der Waals surface area (Å²) in [5, 5.41) is 3.64. The smallest absolute Gasteiger partial charge is 0.204 e. The number of hydrogen-bond donors (Lipinski definition) is 2. The fraction of sp³-hybridized carbons (Fsp3) is 0.350. The van der Waals surface area contributed by atoms with E-state index in [1.54, 1.807) is 0 Å². The van der Waals surface area contributed by atoms with E-state index in [1.807, 2.05) is 6.07 Å². The van der Waals surface area contributed by atoms with E-state index >= 15 is 0 Å². The van der Waals surface area contributed by atoms with E-state index in [4.69, 9.17) is 10.7 Å². The Bertz CT molecular complexity index is 856. The molecule has 0 saturated heterocycles. The summed E-state index contributed by atoms with van der Waals surface area (Å²) >= 11 is 3.50. The summed E-state index contributed by atoms with van der Waals surface area (Å²) in [6, 6.07) is 17.3. The zero-order valence-corrected chi connectivity index (χ0v) is 15.7. The molecule has 1 aliphatic rings. The van der Waals surface area contributed by atoms with Crippen molar-refractivity contribution in [3.05, 3.63) is 58.6 Å². The third-order valence-electron chi connectivity index (χ3n) is 5.04. The summed E-state index contributed by atoms with van der Waals surface area (Å²) in [6.45, 7) is 0.790. The Kier molecular flexibility index (Phi) is 4.77. The first-order valence-corrected chi connectivity index (χ1v) is 9.72. The maximum Gasteiger partial charge on any atom is 0.204 e. The molecule has 4 nitrogen and oxygen atoms in total. The number of fused-ring (bicyclic) bond motifs is 1. The minimum atomic E-state index is 0.203. The van der Waals surface area contributed by atoms with Crippen LogP contribution in [0.5, 0.6) is 0 Å². The molecule has 3 aromatic rings. The quantitative estimate of drug-likeness (QED) is 0.678. The van der Waals surface area contributed by atoms with Gasteiger partial charge in [-0.15, -0.1) is 0 Å². The third-order valence-corrected chi connectivity index (χ3v) is 5.57. The molecule has 0 radical (unpaired) electrons. The monoisotopic (exact) mass is 398 g/mol. The molecule has 1 fully saturated rings. The number of hydrogen-bond acceptors (Lipinski definition) is 3. The summed E-state index contributed by atoms with van der Waals surface area (Å²) in [5.41, 5.74) is 9.76. The number of aromatic nitrogens is 2. The fourth-order valence-corrected chi connectivity index (χ4v) is 3.89. The van der Waals surface area contributed by atoms with Gasteiger partial charge in [0.25, 0.3) is 0 Å². The molecular weight excluding hydrogens is 376 g/mol. The van der Waals surface area contributed by atoms with Crippen LogP contribution in [-0.4, -0.2) is 21.6 Å². The summed E-state index contributed by atoms with van der Waals surface area (Å²) in [5.74, 6) is 0.923. The predicted octanol–water partition coefficient (Wildman–Crippen LogP) is 4.53. The van der Waals surface area contributed by atoms with E-state index in [0.717, 1.165) is 40.8 Å².